The number of carboxylic acids is 1. The molecule has 0 spiro atoms. The van der Waals surface area contributed by atoms with E-state index in [0.29, 0.717) is 6.54 Å². The molecule has 0 aliphatic heterocycles. The van der Waals surface area contributed by atoms with Gasteiger partial charge in [0, 0.05) is 12.2 Å². The Labute approximate surface area is 108 Å². The van der Waals surface area contributed by atoms with E-state index in [1.165, 1.54) is 0 Å². The minimum absolute atomic E-state index is 0.107. The van der Waals surface area contributed by atoms with Gasteiger partial charge in [0.25, 0.3) is 0 Å². The minimum Gasteiger partial charge on any atom is -0.480 e. The number of hydrogen-bond donors (Lipinski definition) is 2. The van der Waals surface area contributed by atoms with E-state index < -0.39 is 11.5 Å². The molecule has 5 nitrogen and oxygen atoms in total. The van der Waals surface area contributed by atoms with E-state index >= 15 is 0 Å². The average Bonchev–Trinajstić information content (AvgIpc) is 2.49. The van der Waals surface area contributed by atoms with Crippen LogP contribution in [0, 0.1) is 3.57 Å². The SMILES string of the molecule is CC(C)NC(C)(Cn1cc(I)cn1)C(=O)O. The van der Waals surface area contributed by atoms with Gasteiger partial charge >= 0.3 is 5.97 Å². The molecule has 0 saturated heterocycles. The van der Waals surface area contributed by atoms with Gasteiger partial charge in [-0.2, -0.15) is 5.10 Å². The van der Waals surface area contributed by atoms with Crippen LogP contribution >= 0.6 is 22.6 Å². The Balaban J connectivity index is 2.82. The molecule has 16 heavy (non-hydrogen) atoms. The largest absolute Gasteiger partial charge is 0.480 e. The first-order chi connectivity index (χ1) is 7.33. The number of carboxylic acid groups (broad SMARTS) is 1. The molecule has 1 atom stereocenters. The first-order valence-electron chi connectivity index (χ1n) is 5.02. The van der Waals surface area contributed by atoms with E-state index in [0.717, 1.165) is 3.57 Å². The van der Waals surface area contributed by atoms with E-state index in [9.17, 15) is 9.90 Å². The number of aromatic nitrogens is 2. The zero-order chi connectivity index (χ0) is 12.3. The second-order valence-corrected chi connectivity index (χ2v) is 5.54. The van der Waals surface area contributed by atoms with Crippen molar-refractivity contribution in [3.63, 3.8) is 0 Å². The maximum absolute atomic E-state index is 11.3. The summed E-state index contributed by atoms with van der Waals surface area (Å²) in [6.07, 6.45) is 3.53. The molecule has 0 aliphatic carbocycles. The summed E-state index contributed by atoms with van der Waals surface area (Å²) in [5.74, 6) is -0.869. The normalized spacial score (nSPS) is 15.1. The number of nitrogens with one attached hydrogen (secondary N) is 1. The van der Waals surface area contributed by atoms with Crippen molar-refractivity contribution in [1.29, 1.82) is 0 Å². The molecular formula is C10H16IN3O2. The molecule has 1 rings (SSSR count). The number of nitrogens with zero attached hydrogens (tertiary/aromatic N) is 2. The molecule has 1 unspecified atom stereocenters. The first kappa shape index (κ1) is 13.4. The van der Waals surface area contributed by atoms with Crippen LogP contribution in [0.5, 0.6) is 0 Å². The number of hydrogen-bond acceptors (Lipinski definition) is 3. The fourth-order valence-electron chi connectivity index (χ4n) is 1.56. The van der Waals surface area contributed by atoms with Crippen LogP contribution in [-0.4, -0.2) is 32.4 Å². The molecule has 1 aromatic heterocycles. The Morgan fingerprint density at radius 3 is 2.75 bits per heavy atom. The summed E-state index contributed by atoms with van der Waals surface area (Å²) in [6, 6.07) is 0.107. The van der Waals surface area contributed by atoms with Crippen molar-refractivity contribution in [3.05, 3.63) is 16.0 Å². The third-order valence-corrected chi connectivity index (χ3v) is 2.72. The Kier molecular flexibility index (Phi) is 4.31. The highest BCUT2D eigenvalue weighted by Crippen LogP contribution is 2.11. The van der Waals surface area contributed by atoms with Crippen LogP contribution in [0.25, 0.3) is 0 Å². The molecule has 0 amide bonds. The first-order valence-corrected chi connectivity index (χ1v) is 6.10. The van der Waals surface area contributed by atoms with Crippen LogP contribution < -0.4 is 5.32 Å². The quantitative estimate of drug-likeness (QED) is 0.796. The van der Waals surface area contributed by atoms with Gasteiger partial charge in [0.05, 0.1) is 16.3 Å². The van der Waals surface area contributed by atoms with E-state index in [2.05, 4.69) is 33.0 Å². The Morgan fingerprint density at radius 2 is 2.38 bits per heavy atom. The molecule has 90 valence electrons. The van der Waals surface area contributed by atoms with E-state index in [1.54, 1.807) is 17.8 Å². The van der Waals surface area contributed by atoms with Gasteiger partial charge in [0.15, 0.2) is 0 Å². The van der Waals surface area contributed by atoms with Crippen LogP contribution in [0.4, 0.5) is 0 Å². The lowest BCUT2D eigenvalue weighted by Crippen LogP contribution is -2.55. The Morgan fingerprint density at radius 1 is 1.75 bits per heavy atom. The van der Waals surface area contributed by atoms with Crippen molar-refractivity contribution in [1.82, 2.24) is 15.1 Å². The summed E-state index contributed by atoms with van der Waals surface area (Å²) < 4.78 is 2.64. The van der Waals surface area contributed by atoms with E-state index in [4.69, 9.17) is 0 Å². The summed E-state index contributed by atoms with van der Waals surface area (Å²) in [5.41, 5.74) is -0.997. The Bertz CT molecular complexity index is 378. The maximum atomic E-state index is 11.3. The summed E-state index contributed by atoms with van der Waals surface area (Å²) in [5, 5.41) is 16.4. The van der Waals surface area contributed by atoms with Gasteiger partial charge in [-0.3, -0.25) is 14.8 Å². The lowest BCUT2D eigenvalue weighted by atomic mass is 10.0. The molecule has 0 aromatic carbocycles. The van der Waals surface area contributed by atoms with Gasteiger partial charge in [-0.25, -0.2) is 0 Å². The molecule has 1 aromatic rings. The van der Waals surface area contributed by atoms with Crippen LogP contribution in [0.2, 0.25) is 0 Å². The van der Waals surface area contributed by atoms with Crippen molar-refractivity contribution in [3.8, 4) is 0 Å². The van der Waals surface area contributed by atoms with Crippen LogP contribution in [0.15, 0.2) is 12.4 Å². The predicted molar refractivity (Wildman–Crippen MR) is 69.3 cm³/mol. The lowest BCUT2D eigenvalue weighted by molar-refractivity contribution is -0.145. The molecule has 0 aliphatic rings. The number of rotatable bonds is 5. The molecule has 6 heteroatoms. The third kappa shape index (κ3) is 3.44. The van der Waals surface area contributed by atoms with Gasteiger partial charge in [0.1, 0.15) is 5.54 Å². The minimum atomic E-state index is -0.997. The zero-order valence-corrected chi connectivity index (χ0v) is 11.7. The number of aliphatic carboxylic acids is 1. The van der Waals surface area contributed by atoms with Crippen molar-refractivity contribution < 1.29 is 9.90 Å². The molecular weight excluding hydrogens is 321 g/mol. The topological polar surface area (TPSA) is 67.2 Å². The second kappa shape index (κ2) is 5.13. The monoisotopic (exact) mass is 337 g/mol. The highest BCUT2D eigenvalue weighted by atomic mass is 127. The fraction of sp³-hybridized carbons (Fsp3) is 0.600. The van der Waals surface area contributed by atoms with Crippen molar-refractivity contribution in [2.24, 2.45) is 0 Å². The van der Waals surface area contributed by atoms with Gasteiger partial charge in [-0.1, -0.05) is 0 Å². The highest BCUT2D eigenvalue weighted by molar-refractivity contribution is 14.1. The number of carbonyl (C=O) groups is 1. The molecule has 0 radical (unpaired) electrons. The average molecular weight is 337 g/mol. The molecule has 0 bridgehead atoms. The second-order valence-electron chi connectivity index (χ2n) is 4.29. The van der Waals surface area contributed by atoms with E-state index in [-0.39, 0.29) is 6.04 Å². The standard InChI is InChI=1S/C10H16IN3O2/c1-7(2)13-10(3,9(15)16)6-14-5-8(11)4-12-14/h4-5,7,13H,6H2,1-3H3,(H,15,16). The zero-order valence-electron chi connectivity index (χ0n) is 9.57. The van der Waals surface area contributed by atoms with Gasteiger partial charge in [-0.05, 0) is 43.4 Å². The van der Waals surface area contributed by atoms with Gasteiger partial charge < -0.3 is 5.11 Å². The van der Waals surface area contributed by atoms with Crippen LogP contribution in [-0.2, 0) is 11.3 Å². The summed E-state index contributed by atoms with van der Waals surface area (Å²) in [7, 11) is 0. The van der Waals surface area contributed by atoms with Crippen molar-refractivity contribution in [2.75, 3.05) is 0 Å². The summed E-state index contributed by atoms with van der Waals surface area (Å²) in [4.78, 5) is 11.3. The lowest BCUT2D eigenvalue weighted by Gasteiger charge is -2.28. The number of halogens is 1. The van der Waals surface area contributed by atoms with Crippen molar-refractivity contribution in [2.45, 2.75) is 38.9 Å². The van der Waals surface area contributed by atoms with Crippen LogP contribution in [0.3, 0.4) is 0 Å². The maximum Gasteiger partial charge on any atom is 0.325 e. The molecule has 0 fully saturated rings. The summed E-state index contributed by atoms with van der Waals surface area (Å²) in [6.45, 7) is 5.83. The van der Waals surface area contributed by atoms with Crippen LogP contribution in [0.1, 0.15) is 20.8 Å². The Hall–Kier alpha value is -0.630. The van der Waals surface area contributed by atoms with E-state index in [1.807, 2.05) is 20.0 Å². The molecule has 2 N–H and O–H groups in total. The van der Waals surface area contributed by atoms with Gasteiger partial charge in [-0.15, -0.1) is 0 Å². The van der Waals surface area contributed by atoms with Gasteiger partial charge in [0.2, 0.25) is 0 Å². The summed E-state index contributed by atoms with van der Waals surface area (Å²) >= 11 is 2.14. The molecule has 0 saturated carbocycles. The highest BCUT2D eigenvalue weighted by Gasteiger charge is 2.34. The molecule has 1 heterocycles. The predicted octanol–water partition coefficient (Wildman–Crippen LogP) is 1.33. The fourth-order valence-corrected chi connectivity index (χ4v) is 2.01. The third-order valence-electron chi connectivity index (χ3n) is 2.16. The van der Waals surface area contributed by atoms with Crippen molar-refractivity contribution >= 4 is 28.6 Å². The smallest absolute Gasteiger partial charge is 0.325 e.